The first kappa shape index (κ1) is 18.5. The number of fused-ring (bicyclic) bond motifs is 1. The van der Waals surface area contributed by atoms with Gasteiger partial charge in [-0.05, 0) is 24.6 Å². The Morgan fingerprint density at radius 1 is 1.14 bits per heavy atom. The number of carbonyl (C=O) groups is 1. The monoisotopic (exact) mass is 392 g/mol. The molecule has 0 aliphatic rings. The van der Waals surface area contributed by atoms with Gasteiger partial charge < -0.3 is 5.32 Å². The van der Waals surface area contributed by atoms with Crippen LogP contribution in [0.3, 0.4) is 0 Å². The molecule has 0 fully saturated rings. The third-order valence-electron chi connectivity index (χ3n) is 4.41. The lowest BCUT2D eigenvalue weighted by atomic mass is 10.1. The number of para-hydroxylation sites is 1. The number of halogens is 1. The summed E-state index contributed by atoms with van der Waals surface area (Å²) in [6.07, 6.45) is 1.26. The fraction of sp³-hybridized carbons (Fsp3) is 0.150. The molecule has 0 aliphatic heterocycles. The molecule has 0 bridgehead atoms. The summed E-state index contributed by atoms with van der Waals surface area (Å²) in [5, 5.41) is 10.4. The molecule has 0 unspecified atom stereocenters. The number of anilines is 1. The smallest absolute Gasteiger partial charge is 0.283 e. The third-order valence-corrected chi connectivity index (χ3v) is 4.41. The lowest BCUT2D eigenvalue weighted by Crippen LogP contribution is -2.28. The summed E-state index contributed by atoms with van der Waals surface area (Å²) in [6, 6.07) is 13.7. The Labute approximate surface area is 164 Å². The van der Waals surface area contributed by atoms with Crippen molar-refractivity contribution in [3.63, 3.8) is 0 Å². The highest BCUT2D eigenvalue weighted by atomic mass is 19.1. The Morgan fingerprint density at radius 2 is 1.90 bits per heavy atom. The van der Waals surface area contributed by atoms with E-state index >= 15 is 0 Å². The lowest BCUT2D eigenvalue weighted by Gasteiger charge is -2.08. The van der Waals surface area contributed by atoms with Crippen LogP contribution < -0.4 is 10.9 Å². The molecule has 0 saturated heterocycles. The number of carbonyl (C=O) groups excluding carboxylic acids is 1. The highest BCUT2D eigenvalue weighted by molar-refractivity contribution is 5.90. The van der Waals surface area contributed by atoms with E-state index < -0.39 is 17.3 Å². The van der Waals surface area contributed by atoms with Crippen LogP contribution in [-0.4, -0.2) is 30.5 Å². The quantitative estimate of drug-likeness (QED) is 0.561. The van der Waals surface area contributed by atoms with Gasteiger partial charge in [0.25, 0.3) is 5.56 Å². The summed E-state index contributed by atoms with van der Waals surface area (Å²) < 4.78 is 16.3. The molecule has 2 aromatic heterocycles. The summed E-state index contributed by atoms with van der Waals surface area (Å²) in [4.78, 5) is 29.1. The first-order valence-corrected chi connectivity index (χ1v) is 8.90. The Hall–Kier alpha value is -3.88. The second kappa shape index (κ2) is 7.63. The molecular formula is C20H17FN6O2. The second-order valence-corrected chi connectivity index (χ2v) is 6.61. The van der Waals surface area contributed by atoms with Gasteiger partial charge in [-0.25, -0.2) is 14.1 Å². The minimum absolute atomic E-state index is 0.0450. The molecule has 1 amide bonds. The fourth-order valence-corrected chi connectivity index (χ4v) is 2.88. The van der Waals surface area contributed by atoms with Crippen molar-refractivity contribution in [2.45, 2.75) is 20.0 Å². The van der Waals surface area contributed by atoms with Crippen molar-refractivity contribution in [1.29, 1.82) is 0 Å². The molecule has 9 heteroatoms. The van der Waals surface area contributed by atoms with Gasteiger partial charge in [-0.1, -0.05) is 47.2 Å². The lowest BCUT2D eigenvalue weighted by molar-refractivity contribution is -0.116. The van der Waals surface area contributed by atoms with E-state index in [9.17, 15) is 14.0 Å². The van der Waals surface area contributed by atoms with Crippen LogP contribution in [0.5, 0.6) is 0 Å². The van der Waals surface area contributed by atoms with Gasteiger partial charge >= 0.3 is 0 Å². The van der Waals surface area contributed by atoms with Crippen molar-refractivity contribution in [3.8, 4) is 0 Å². The molecular weight excluding hydrogens is 375 g/mol. The van der Waals surface area contributed by atoms with Crippen LogP contribution in [0, 0.1) is 12.7 Å². The number of rotatable bonds is 5. The Balaban J connectivity index is 1.55. The van der Waals surface area contributed by atoms with E-state index in [2.05, 4.69) is 20.6 Å². The van der Waals surface area contributed by atoms with E-state index in [1.165, 1.54) is 29.2 Å². The van der Waals surface area contributed by atoms with Crippen LogP contribution in [0.25, 0.3) is 11.2 Å². The third kappa shape index (κ3) is 3.88. The van der Waals surface area contributed by atoms with Gasteiger partial charge in [-0.3, -0.25) is 14.2 Å². The van der Waals surface area contributed by atoms with Crippen LogP contribution in [0.15, 0.2) is 59.7 Å². The predicted molar refractivity (Wildman–Crippen MR) is 105 cm³/mol. The Bertz CT molecular complexity index is 1250. The van der Waals surface area contributed by atoms with Crippen molar-refractivity contribution in [1.82, 2.24) is 24.5 Å². The van der Waals surface area contributed by atoms with Crippen molar-refractivity contribution in [2.75, 3.05) is 5.32 Å². The first-order valence-electron chi connectivity index (χ1n) is 8.90. The maximum absolute atomic E-state index is 13.7. The summed E-state index contributed by atoms with van der Waals surface area (Å²) in [7, 11) is 0. The molecule has 1 N–H and O–H groups in total. The van der Waals surface area contributed by atoms with Gasteiger partial charge in [-0.15, -0.1) is 5.10 Å². The second-order valence-electron chi connectivity index (χ2n) is 6.61. The normalized spacial score (nSPS) is 11.0. The minimum atomic E-state index is -0.555. The largest absolute Gasteiger partial charge is 0.322 e. The van der Waals surface area contributed by atoms with E-state index in [0.717, 1.165) is 15.7 Å². The number of hydrogen-bond acceptors (Lipinski definition) is 5. The van der Waals surface area contributed by atoms with E-state index in [4.69, 9.17) is 0 Å². The average molecular weight is 392 g/mol. The molecule has 0 aliphatic carbocycles. The number of nitrogens with one attached hydrogen (secondary N) is 1. The molecule has 4 rings (SSSR count). The molecule has 0 spiro atoms. The van der Waals surface area contributed by atoms with Gasteiger partial charge in [0, 0.05) is 0 Å². The Morgan fingerprint density at radius 3 is 2.66 bits per heavy atom. The van der Waals surface area contributed by atoms with E-state index in [0.29, 0.717) is 12.2 Å². The van der Waals surface area contributed by atoms with Gasteiger partial charge in [0.2, 0.25) is 5.91 Å². The SMILES string of the molecule is Cc1ccc(Cn2nnc3c(=O)n(CC(=O)Nc4ccccc4F)cnc32)cc1. The molecule has 29 heavy (non-hydrogen) atoms. The summed E-state index contributed by atoms with van der Waals surface area (Å²) in [6.45, 7) is 2.10. The minimum Gasteiger partial charge on any atom is -0.322 e. The van der Waals surface area contributed by atoms with Gasteiger partial charge in [0.15, 0.2) is 11.2 Å². The van der Waals surface area contributed by atoms with E-state index in [1.807, 2.05) is 31.2 Å². The molecule has 2 aromatic carbocycles. The van der Waals surface area contributed by atoms with Crippen LogP contribution in [0.4, 0.5) is 10.1 Å². The zero-order chi connectivity index (χ0) is 20.4. The van der Waals surface area contributed by atoms with Crippen molar-refractivity contribution >= 4 is 22.8 Å². The number of amides is 1. The number of aromatic nitrogens is 5. The number of aryl methyl sites for hydroxylation is 1. The molecule has 146 valence electrons. The highest BCUT2D eigenvalue weighted by Crippen LogP contribution is 2.12. The highest BCUT2D eigenvalue weighted by Gasteiger charge is 2.14. The van der Waals surface area contributed by atoms with Gasteiger partial charge in [0.1, 0.15) is 18.7 Å². The van der Waals surface area contributed by atoms with E-state index in [1.54, 1.807) is 6.07 Å². The molecule has 4 aromatic rings. The topological polar surface area (TPSA) is 94.7 Å². The maximum Gasteiger partial charge on any atom is 0.283 e. The molecule has 0 saturated carbocycles. The summed E-state index contributed by atoms with van der Waals surface area (Å²) in [5.41, 5.74) is 2.10. The van der Waals surface area contributed by atoms with Crippen molar-refractivity contribution in [3.05, 3.63) is 82.2 Å². The number of nitrogens with zero attached hydrogens (tertiary/aromatic N) is 5. The zero-order valence-electron chi connectivity index (χ0n) is 15.5. The van der Waals surface area contributed by atoms with Gasteiger partial charge in [0.05, 0.1) is 12.2 Å². The summed E-state index contributed by atoms with van der Waals surface area (Å²) >= 11 is 0. The number of benzene rings is 2. The van der Waals surface area contributed by atoms with Crippen LogP contribution >= 0.6 is 0 Å². The van der Waals surface area contributed by atoms with Crippen molar-refractivity contribution in [2.24, 2.45) is 0 Å². The predicted octanol–water partition coefficient (Wildman–Crippen LogP) is 2.12. The average Bonchev–Trinajstić information content (AvgIpc) is 3.11. The van der Waals surface area contributed by atoms with Crippen molar-refractivity contribution < 1.29 is 9.18 Å². The fourth-order valence-electron chi connectivity index (χ4n) is 2.88. The standard InChI is InChI=1S/C20H17FN6O2/c1-13-6-8-14(9-7-13)10-27-19-18(24-25-27)20(29)26(12-22-19)11-17(28)23-16-5-3-2-4-15(16)21/h2-9,12H,10-11H2,1H3,(H,23,28). The van der Waals surface area contributed by atoms with Crippen LogP contribution in [0.1, 0.15) is 11.1 Å². The molecule has 0 radical (unpaired) electrons. The molecule has 2 heterocycles. The number of hydrogen-bond donors (Lipinski definition) is 1. The molecule has 8 nitrogen and oxygen atoms in total. The van der Waals surface area contributed by atoms with Gasteiger partial charge in [-0.2, -0.15) is 0 Å². The van der Waals surface area contributed by atoms with E-state index in [-0.39, 0.29) is 17.7 Å². The Kier molecular flexibility index (Phi) is 4.86. The van der Waals surface area contributed by atoms with Crippen LogP contribution in [0.2, 0.25) is 0 Å². The first-order chi connectivity index (χ1) is 14.0. The maximum atomic E-state index is 13.7. The van der Waals surface area contributed by atoms with Crippen LogP contribution in [-0.2, 0) is 17.9 Å². The summed E-state index contributed by atoms with van der Waals surface area (Å²) in [5.74, 6) is -1.11. The zero-order valence-corrected chi connectivity index (χ0v) is 15.5. The molecule has 0 atom stereocenters.